The normalized spacial score (nSPS) is 24.7. The highest BCUT2D eigenvalue weighted by atomic mass is 19.1. The van der Waals surface area contributed by atoms with Gasteiger partial charge in [0.15, 0.2) is 17.4 Å². The van der Waals surface area contributed by atoms with Crippen molar-refractivity contribution in [1.82, 2.24) is 5.32 Å². The number of benzene rings is 1. The third-order valence-corrected chi connectivity index (χ3v) is 5.16. The first-order valence-electron chi connectivity index (χ1n) is 10.4. The van der Waals surface area contributed by atoms with Crippen molar-refractivity contribution in [1.29, 1.82) is 0 Å². The van der Waals surface area contributed by atoms with Gasteiger partial charge in [-0.2, -0.15) is 0 Å². The third-order valence-electron chi connectivity index (χ3n) is 5.16. The number of hydrogen-bond acceptors (Lipinski definition) is 7. The van der Waals surface area contributed by atoms with Crippen LogP contribution in [0.4, 0.5) is 4.39 Å². The molecule has 32 heavy (non-hydrogen) atoms. The lowest BCUT2D eigenvalue weighted by Crippen LogP contribution is -2.33. The summed E-state index contributed by atoms with van der Waals surface area (Å²) in [7, 11) is 1.63. The standard InChI is InChI=1S/C24H27FN2O5/c1-15(16-5-7-22-17(9-16)6-8-23(27-22)28-4)30-19-10-18(25)11-20(12-19)32-26-13-21-14-29-24(2,3)31-21/h5-13,15,21-22,27H,14H2,1-4H3/b26-13+/t15?,21-,22?/m0/s1. The van der Waals surface area contributed by atoms with Gasteiger partial charge in [0.05, 0.1) is 26.0 Å². The van der Waals surface area contributed by atoms with E-state index in [0.29, 0.717) is 12.4 Å². The second-order valence-electron chi connectivity index (χ2n) is 8.12. The Morgan fingerprint density at radius 3 is 2.81 bits per heavy atom. The SMILES string of the molecule is COC1=CC=C2C=C(C(C)Oc3cc(F)cc(O/N=C/[C@H]4COC(C)(C)O4)c3)C=CC2N1. The van der Waals surface area contributed by atoms with Gasteiger partial charge in [0.1, 0.15) is 23.8 Å². The molecule has 0 aromatic heterocycles. The van der Waals surface area contributed by atoms with E-state index in [1.54, 1.807) is 13.2 Å². The number of fused-ring (bicyclic) bond motifs is 1. The minimum atomic E-state index is -0.652. The van der Waals surface area contributed by atoms with E-state index in [0.717, 1.165) is 17.0 Å². The molecule has 2 heterocycles. The number of halogens is 1. The summed E-state index contributed by atoms with van der Waals surface area (Å²) < 4.78 is 36.4. The summed E-state index contributed by atoms with van der Waals surface area (Å²) in [4.78, 5) is 5.33. The third kappa shape index (κ3) is 5.38. The minimum absolute atomic E-state index is 0.0535. The van der Waals surface area contributed by atoms with Crippen LogP contribution in [0.3, 0.4) is 0 Å². The molecule has 0 bridgehead atoms. The molecule has 7 nitrogen and oxygen atoms in total. The molecule has 4 rings (SSSR count). The highest BCUT2D eigenvalue weighted by molar-refractivity contribution is 5.63. The van der Waals surface area contributed by atoms with Crippen LogP contribution >= 0.6 is 0 Å². The zero-order valence-electron chi connectivity index (χ0n) is 18.5. The number of nitrogens with zero attached hydrogens (tertiary/aromatic N) is 1. The number of nitrogens with one attached hydrogen (secondary N) is 1. The highest BCUT2D eigenvalue weighted by Gasteiger charge is 2.31. The molecule has 1 saturated heterocycles. The van der Waals surface area contributed by atoms with E-state index in [1.807, 2.05) is 45.1 Å². The second-order valence-corrected chi connectivity index (χ2v) is 8.12. The molecule has 0 radical (unpaired) electrons. The summed E-state index contributed by atoms with van der Waals surface area (Å²) in [6.07, 6.45) is 10.8. The lowest BCUT2D eigenvalue weighted by molar-refractivity contribution is -0.131. The maximum absolute atomic E-state index is 14.1. The zero-order chi connectivity index (χ0) is 22.7. The Bertz CT molecular complexity index is 1010. The van der Waals surface area contributed by atoms with Gasteiger partial charge in [0.25, 0.3) is 0 Å². The molecule has 1 N–H and O–H groups in total. The van der Waals surface area contributed by atoms with Crippen molar-refractivity contribution < 1.29 is 28.2 Å². The number of allylic oxidation sites excluding steroid dienone is 2. The summed E-state index contributed by atoms with van der Waals surface area (Å²) >= 11 is 0. The molecule has 0 amide bonds. The summed E-state index contributed by atoms with van der Waals surface area (Å²) in [6.45, 7) is 5.94. The number of oxime groups is 1. The first kappa shape index (κ1) is 22.1. The maximum atomic E-state index is 14.1. The van der Waals surface area contributed by atoms with Gasteiger partial charge in [0.2, 0.25) is 0 Å². The van der Waals surface area contributed by atoms with Crippen LogP contribution in [0.15, 0.2) is 70.8 Å². The predicted octanol–water partition coefficient (Wildman–Crippen LogP) is 3.99. The van der Waals surface area contributed by atoms with Crippen molar-refractivity contribution in [3.63, 3.8) is 0 Å². The van der Waals surface area contributed by atoms with E-state index in [4.69, 9.17) is 23.8 Å². The van der Waals surface area contributed by atoms with Gasteiger partial charge >= 0.3 is 0 Å². The number of ether oxygens (including phenoxy) is 4. The molecular weight excluding hydrogens is 415 g/mol. The van der Waals surface area contributed by atoms with Crippen molar-refractivity contribution in [2.24, 2.45) is 5.16 Å². The molecule has 170 valence electrons. The van der Waals surface area contributed by atoms with Crippen LogP contribution in [0.25, 0.3) is 0 Å². The van der Waals surface area contributed by atoms with Crippen LogP contribution in [-0.2, 0) is 14.2 Å². The average Bonchev–Trinajstić information content (AvgIpc) is 3.11. The topological polar surface area (TPSA) is 70.5 Å². The predicted molar refractivity (Wildman–Crippen MR) is 118 cm³/mol. The molecule has 2 aliphatic heterocycles. The smallest absolute Gasteiger partial charge is 0.187 e. The molecular formula is C24H27FN2O5. The molecule has 0 spiro atoms. The fraction of sp³-hybridized carbons (Fsp3) is 0.375. The van der Waals surface area contributed by atoms with Crippen LogP contribution in [0.2, 0.25) is 0 Å². The van der Waals surface area contributed by atoms with E-state index in [2.05, 4.69) is 16.5 Å². The highest BCUT2D eigenvalue weighted by Crippen LogP contribution is 2.28. The summed E-state index contributed by atoms with van der Waals surface area (Å²) in [5.74, 6) is 0.159. The summed E-state index contributed by atoms with van der Waals surface area (Å²) in [5.41, 5.74) is 2.06. The van der Waals surface area contributed by atoms with E-state index in [-0.39, 0.29) is 24.0 Å². The van der Waals surface area contributed by atoms with Crippen molar-refractivity contribution in [2.75, 3.05) is 13.7 Å². The van der Waals surface area contributed by atoms with Crippen molar-refractivity contribution in [3.05, 3.63) is 71.4 Å². The number of rotatable bonds is 7. The van der Waals surface area contributed by atoms with Crippen LogP contribution < -0.4 is 14.9 Å². The lowest BCUT2D eigenvalue weighted by Gasteiger charge is -2.27. The number of hydrogen-bond donors (Lipinski definition) is 1. The fourth-order valence-electron chi connectivity index (χ4n) is 3.56. The Morgan fingerprint density at radius 1 is 1.25 bits per heavy atom. The maximum Gasteiger partial charge on any atom is 0.187 e. The second kappa shape index (κ2) is 9.18. The Morgan fingerprint density at radius 2 is 2.06 bits per heavy atom. The molecule has 2 unspecified atom stereocenters. The average molecular weight is 442 g/mol. The first-order valence-corrected chi connectivity index (χ1v) is 10.4. The molecule has 3 atom stereocenters. The monoisotopic (exact) mass is 442 g/mol. The summed E-state index contributed by atoms with van der Waals surface area (Å²) in [5, 5.41) is 7.17. The van der Waals surface area contributed by atoms with Gasteiger partial charge in [-0.25, -0.2) is 4.39 Å². The molecule has 1 aromatic rings. The van der Waals surface area contributed by atoms with E-state index in [9.17, 15) is 4.39 Å². The largest absolute Gasteiger partial charge is 0.486 e. The Hall–Kier alpha value is -3.10. The van der Waals surface area contributed by atoms with Crippen LogP contribution in [0.5, 0.6) is 11.5 Å². The summed E-state index contributed by atoms with van der Waals surface area (Å²) in [6, 6.07) is 4.21. The first-order chi connectivity index (χ1) is 15.3. The van der Waals surface area contributed by atoms with Gasteiger partial charge in [0, 0.05) is 18.2 Å². The Balaban J connectivity index is 1.40. The molecule has 0 saturated carbocycles. The van der Waals surface area contributed by atoms with Crippen molar-refractivity contribution in [2.45, 2.75) is 44.8 Å². The minimum Gasteiger partial charge on any atom is -0.486 e. The zero-order valence-corrected chi connectivity index (χ0v) is 18.5. The van der Waals surface area contributed by atoms with Gasteiger partial charge in [-0.05, 0) is 44.1 Å². The molecule has 1 aromatic carbocycles. The van der Waals surface area contributed by atoms with E-state index >= 15 is 0 Å². The van der Waals surface area contributed by atoms with Crippen molar-refractivity contribution >= 4 is 6.21 Å². The van der Waals surface area contributed by atoms with Gasteiger partial charge in [-0.15, -0.1) is 0 Å². The molecule has 3 aliphatic rings. The quantitative estimate of drug-likeness (QED) is 0.509. The van der Waals surface area contributed by atoms with Crippen LogP contribution in [0, 0.1) is 5.82 Å². The number of dihydropyridines is 1. The van der Waals surface area contributed by atoms with Crippen LogP contribution in [-0.4, -0.2) is 44.0 Å². The van der Waals surface area contributed by atoms with Gasteiger partial charge in [-0.1, -0.05) is 23.4 Å². The van der Waals surface area contributed by atoms with Crippen LogP contribution in [0.1, 0.15) is 20.8 Å². The van der Waals surface area contributed by atoms with E-state index in [1.165, 1.54) is 18.3 Å². The molecule has 1 aliphatic carbocycles. The molecule has 1 fully saturated rings. The number of methoxy groups -OCH3 is 1. The lowest BCUT2D eigenvalue weighted by atomic mass is 9.93. The van der Waals surface area contributed by atoms with Gasteiger partial charge in [-0.3, -0.25) is 0 Å². The molecule has 8 heteroatoms. The van der Waals surface area contributed by atoms with E-state index < -0.39 is 11.6 Å². The van der Waals surface area contributed by atoms with Crippen molar-refractivity contribution in [3.8, 4) is 11.5 Å². The Kier molecular flexibility index (Phi) is 6.34. The van der Waals surface area contributed by atoms with Gasteiger partial charge < -0.3 is 29.1 Å². The fourth-order valence-corrected chi connectivity index (χ4v) is 3.56. The Labute approximate surface area is 186 Å².